The van der Waals surface area contributed by atoms with Crippen molar-refractivity contribution >= 4 is 5.97 Å². The number of carboxylic acids is 1. The van der Waals surface area contributed by atoms with E-state index in [-0.39, 0.29) is 0 Å². The van der Waals surface area contributed by atoms with Gasteiger partial charge in [0.15, 0.2) is 0 Å². The van der Waals surface area contributed by atoms with Crippen LogP contribution in [0.3, 0.4) is 0 Å². The van der Waals surface area contributed by atoms with Crippen molar-refractivity contribution in [1.29, 1.82) is 0 Å². The lowest BCUT2D eigenvalue weighted by Gasteiger charge is -2.23. The molecule has 1 atom stereocenters. The van der Waals surface area contributed by atoms with Crippen LogP contribution in [0.1, 0.15) is 20.3 Å². The van der Waals surface area contributed by atoms with E-state index in [1.54, 1.807) is 7.05 Å². The molecule has 78 valence electrons. The number of rotatable bonds is 7. The number of carboxylic acid groups (broad SMARTS) is 1. The maximum atomic E-state index is 10.7. The van der Waals surface area contributed by atoms with Gasteiger partial charge in [0, 0.05) is 6.54 Å². The lowest BCUT2D eigenvalue weighted by atomic mass is 10.2. The molecule has 0 heterocycles. The molecule has 13 heavy (non-hydrogen) atoms. The lowest BCUT2D eigenvalue weighted by Crippen LogP contribution is -2.44. The molecule has 0 aliphatic heterocycles. The Hall–Kier alpha value is -0.610. The van der Waals surface area contributed by atoms with Gasteiger partial charge in [-0.05, 0) is 26.6 Å². The van der Waals surface area contributed by atoms with Crippen LogP contribution in [0.4, 0.5) is 0 Å². The highest BCUT2D eigenvalue weighted by molar-refractivity contribution is 5.73. The van der Waals surface area contributed by atoms with Crippen molar-refractivity contribution < 1.29 is 9.90 Å². The van der Waals surface area contributed by atoms with Gasteiger partial charge >= 0.3 is 5.97 Å². The summed E-state index contributed by atoms with van der Waals surface area (Å²) in [4.78, 5) is 12.8. The Morgan fingerprint density at radius 1 is 1.54 bits per heavy atom. The molecule has 2 N–H and O–H groups in total. The highest BCUT2D eigenvalue weighted by atomic mass is 16.4. The summed E-state index contributed by atoms with van der Waals surface area (Å²) in [6, 6.07) is -0.452. The van der Waals surface area contributed by atoms with Gasteiger partial charge in [-0.2, -0.15) is 0 Å². The first kappa shape index (κ1) is 12.4. The summed E-state index contributed by atoms with van der Waals surface area (Å²) in [5.41, 5.74) is 0. The van der Waals surface area contributed by atoms with Crippen LogP contribution in [0.5, 0.6) is 0 Å². The Kier molecular flexibility index (Phi) is 6.54. The van der Waals surface area contributed by atoms with E-state index in [0.29, 0.717) is 6.54 Å². The van der Waals surface area contributed by atoms with Gasteiger partial charge in [0.2, 0.25) is 0 Å². The Morgan fingerprint density at radius 3 is 2.46 bits per heavy atom. The molecule has 0 aliphatic carbocycles. The second-order valence-electron chi connectivity index (χ2n) is 3.07. The smallest absolute Gasteiger partial charge is 0.322 e. The van der Waals surface area contributed by atoms with Crippen LogP contribution in [0.15, 0.2) is 0 Å². The predicted octanol–water partition coefficient (Wildman–Crippen LogP) is 0.391. The number of nitrogens with one attached hydrogen (secondary N) is 1. The highest BCUT2D eigenvalue weighted by Crippen LogP contribution is 1.94. The van der Waals surface area contributed by atoms with Crippen molar-refractivity contribution in [3.05, 3.63) is 0 Å². The van der Waals surface area contributed by atoms with E-state index in [1.165, 1.54) is 0 Å². The van der Waals surface area contributed by atoms with Gasteiger partial charge in [-0.3, -0.25) is 4.79 Å². The average Bonchev–Trinajstić information content (AvgIpc) is 2.11. The van der Waals surface area contributed by atoms with Gasteiger partial charge in [-0.15, -0.1) is 0 Å². The van der Waals surface area contributed by atoms with Crippen LogP contribution in [0.25, 0.3) is 0 Å². The third-order valence-corrected chi connectivity index (χ3v) is 2.07. The third kappa shape index (κ3) is 4.85. The van der Waals surface area contributed by atoms with Crippen LogP contribution < -0.4 is 5.32 Å². The minimum absolute atomic E-state index is 0.452. The Labute approximate surface area is 79.9 Å². The fraction of sp³-hybridized carbons (Fsp3) is 0.889. The molecule has 4 nitrogen and oxygen atoms in total. The van der Waals surface area contributed by atoms with E-state index in [1.807, 2.05) is 6.92 Å². The molecule has 0 radical (unpaired) electrons. The minimum atomic E-state index is -0.781. The summed E-state index contributed by atoms with van der Waals surface area (Å²) in [6.45, 7) is 6.58. The second kappa shape index (κ2) is 6.86. The number of hydrogen-bond acceptors (Lipinski definition) is 3. The maximum absolute atomic E-state index is 10.7. The fourth-order valence-electron chi connectivity index (χ4n) is 1.25. The normalized spacial score (nSPS) is 13.2. The summed E-state index contributed by atoms with van der Waals surface area (Å²) in [5.74, 6) is -0.781. The first-order valence-corrected chi connectivity index (χ1v) is 4.78. The van der Waals surface area contributed by atoms with Crippen LogP contribution >= 0.6 is 0 Å². The van der Waals surface area contributed by atoms with Crippen molar-refractivity contribution in [2.45, 2.75) is 26.3 Å². The zero-order chi connectivity index (χ0) is 10.3. The van der Waals surface area contributed by atoms with E-state index in [4.69, 9.17) is 5.11 Å². The van der Waals surface area contributed by atoms with Crippen molar-refractivity contribution in [2.75, 3.05) is 26.7 Å². The maximum Gasteiger partial charge on any atom is 0.322 e. The van der Waals surface area contributed by atoms with E-state index in [2.05, 4.69) is 17.1 Å². The van der Waals surface area contributed by atoms with Crippen molar-refractivity contribution in [1.82, 2.24) is 10.2 Å². The van der Waals surface area contributed by atoms with Crippen molar-refractivity contribution in [3.63, 3.8) is 0 Å². The number of carbonyl (C=O) groups is 1. The number of aliphatic carboxylic acids is 1. The Bertz CT molecular complexity index is 151. The molecule has 0 saturated carbocycles. The van der Waals surface area contributed by atoms with Crippen LogP contribution in [0, 0.1) is 0 Å². The minimum Gasteiger partial charge on any atom is -0.480 e. The summed E-state index contributed by atoms with van der Waals surface area (Å²) in [7, 11) is 1.68. The van der Waals surface area contributed by atoms with Gasteiger partial charge in [0.25, 0.3) is 0 Å². The number of nitrogens with zero attached hydrogens (tertiary/aromatic N) is 1. The lowest BCUT2D eigenvalue weighted by molar-refractivity contribution is -0.139. The quantitative estimate of drug-likeness (QED) is 0.607. The highest BCUT2D eigenvalue weighted by Gasteiger charge is 2.17. The zero-order valence-electron chi connectivity index (χ0n) is 8.71. The van der Waals surface area contributed by atoms with Gasteiger partial charge in [-0.1, -0.05) is 13.8 Å². The van der Waals surface area contributed by atoms with E-state index in [9.17, 15) is 4.79 Å². The summed E-state index contributed by atoms with van der Waals surface area (Å²) >= 11 is 0. The van der Waals surface area contributed by atoms with E-state index >= 15 is 0 Å². The topological polar surface area (TPSA) is 52.6 Å². The molecule has 0 saturated heterocycles. The van der Waals surface area contributed by atoms with Gasteiger partial charge in [0.05, 0.1) is 0 Å². The van der Waals surface area contributed by atoms with Gasteiger partial charge < -0.3 is 15.3 Å². The average molecular weight is 188 g/mol. The molecule has 0 aromatic heterocycles. The molecular weight excluding hydrogens is 168 g/mol. The molecule has 0 bridgehead atoms. The predicted molar refractivity (Wildman–Crippen MR) is 52.9 cm³/mol. The van der Waals surface area contributed by atoms with E-state index in [0.717, 1.165) is 19.5 Å². The summed E-state index contributed by atoms with van der Waals surface area (Å²) in [6.07, 6.45) is 1.06. The Balaban J connectivity index is 3.95. The largest absolute Gasteiger partial charge is 0.480 e. The molecule has 0 fully saturated rings. The number of likely N-dealkylation sites (N-methyl/N-ethyl adjacent to an activating group) is 2. The molecule has 0 amide bonds. The fourth-order valence-corrected chi connectivity index (χ4v) is 1.25. The summed E-state index contributed by atoms with van der Waals surface area (Å²) < 4.78 is 0. The van der Waals surface area contributed by atoms with Gasteiger partial charge in [0.1, 0.15) is 6.04 Å². The molecule has 0 aromatic rings. The first-order valence-electron chi connectivity index (χ1n) is 4.78. The number of hydrogen-bond donors (Lipinski definition) is 2. The van der Waals surface area contributed by atoms with Crippen molar-refractivity contribution in [3.8, 4) is 0 Å². The monoisotopic (exact) mass is 188 g/mol. The third-order valence-electron chi connectivity index (χ3n) is 2.07. The first-order chi connectivity index (χ1) is 6.15. The zero-order valence-corrected chi connectivity index (χ0v) is 8.71. The Morgan fingerprint density at radius 2 is 2.15 bits per heavy atom. The molecular formula is C9H20N2O2. The molecule has 4 heteroatoms. The van der Waals surface area contributed by atoms with Gasteiger partial charge in [-0.25, -0.2) is 0 Å². The van der Waals surface area contributed by atoms with Crippen LogP contribution in [-0.4, -0.2) is 48.7 Å². The second-order valence-corrected chi connectivity index (χ2v) is 3.07. The molecule has 0 aliphatic rings. The summed E-state index contributed by atoms with van der Waals surface area (Å²) in [5, 5.41) is 11.6. The molecule has 0 rings (SSSR count). The van der Waals surface area contributed by atoms with E-state index < -0.39 is 12.0 Å². The molecule has 0 spiro atoms. The standard InChI is InChI=1S/C9H20N2O2/c1-4-6-11(5-2)7-8(10-3)9(12)13/h8,10H,4-7H2,1-3H3,(H,12,13). The van der Waals surface area contributed by atoms with Crippen LogP contribution in [0.2, 0.25) is 0 Å². The van der Waals surface area contributed by atoms with Crippen molar-refractivity contribution in [2.24, 2.45) is 0 Å². The molecule has 0 aromatic carbocycles. The van der Waals surface area contributed by atoms with Crippen LogP contribution in [-0.2, 0) is 4.79 Å². The molecule has 1 unspecified atom stereocenters. The SMILES string of the molecule is CCCN(CC)CC(NC)C(=O)O.